The number of hydrogen-bond donors (Lipinski definition) is 1. The molecule has 0 spiro atoms. The van der Waals surface area contributed by atoms with Gasteiger partial charge in [-0.2, -0.15) is 10.4 Å². The van der Waals surface area contributed by atoms with Gasteiger partial charge in [0.25, 0.3) is 0 Å². The molecule has 0 bridgehead atoms. The first-order chi connectivity index (χ1) is 13.2. The third-order valence-electron chi connectivity index (χ3n) is 5.04. The number of nitrogens with zero attached hydrogens (tertiary/aromatic N) is 6. The number of fused-ring (bicyclic) bond motifs is 2. The van der Waals surface area contributed by atoms with E-state index in [1.165, 1.54) is 0 Å². The van der Waals surface area contributed by atoms with E-state index in [2.05, 4.69) is 38.1 Å². The zero-order chi connectivity index (χ0) is 18.4. The Morgan fingerprint density at radius 1 is 1.22 bits per heavy atom. The van der Waals surface area contributed by atoms with Crippen molar-refractivity contribution in [3.63, 3.8) is 0 Å². The Labute approximate surface area is 155 Å². The van der Waals surface area contributed by atoms with Crippen LogP contribution >= 0.6 is 0 Å². The van der Waals surface area contributed by atoms with Crippen LogP contribution in [0.1, 0.15) is 34.5 Å². The summed E-state index contributed by atoms with van der Waals surface area (Å²) in [6.45, 7) is 2.81. The van der Waals surface area contributed by atoms with Crippen molar-refractivity contribution in [2.45, 2.75) is 19.4 Å². The van der Waals surface area contributed by atoms with Crippen molar-refractivity contribution in [3.05, 3.63) is 77.3 Å². The average Bonchev–Trinajstić information content (AvgIpc) is 3.34. The predicted octanol–water partition coefficient (Wildman–Crippen LogP) is 2.78. The van der Waals surface area contributed by atoms with Crippen molar-refractivity contribution >= 4 is 11.3 Å². The number of nitrogens with one attached hydrogen (secondary N) is 1. The Morgan fingerprint density at radius 3 is 2.96 bits per heavy atom. The van der Waals surface area contributed by atoms with Crippen LogP contribution in [0.25, 0.3) is 5.52 Å². The molecule has 0 aromatic carbocycles. The summed E-state index contributed by atoms with van der Waals surface area (Å²) in [5, 5.41) is 14.1. The molecule has 7 nitrogen and oxygen atoms in total. The summed E-state index contributed by atoms with van der Waals surface area (Å²) in [5.41, 5.74) is 5.54. The molecule has 5 heterocycles. The van der Waals surface area contributed by atoms with Crippen LogP contribution in [-0.2, 0) is 6.42 Å². The summed E-state index contributed by atoms with van der Waals surface area (Å²) in [7, 11) is 0. The van der Waals surface area contributed by atoms with E-state index >= 15 is 0 Å². The highest BCUT2D eigenvalue weighted by Crippen LogP contribution is 2.36. The molecule has 5 rings (SSSR count). The molecule has 132 valence electrons. The maximum Gasteiger partial charge on any atom is 0.142 e. The predicted molar refractivity (Wildman–Crippen MR) is 100 cm³/mol. The lowest BCUT2D eigenvalue weighted by Crippen LogP contribution is -2.37. The molecule has 7 heteroatoms. The van der Waals surface area contributed by atoms with Crippen LogP contribution in [0, 0.1) is 18.3 Å². The molecule has 4 aromatic heterocycles. The number of aromatic amines is 1. The molecule has 0 saturated carbocycles. The number of rotatable bonds is 2. The van der Waals surface area contributed by atoms with E-state index in [9.17, 15) is 5.26 Å². The van der Waals surface area contributed by atoms with Gasteiger partial charge in [-0.05, 0) is 37.3 Å². The first-order valence-corrected chi connectivity index (χ1v) is 8.86. The number of aryl methyl sites for hydroxylation is 1. The fourth-order valence-corrected chi connectivity index (χ4v) is 3.77. The lowest BCUT2D eigenvalue weighted by atomic mass is 9.99. The molecule has 1 aliphatic heterocycles. The van der Waals surface area contributed by atoms with Gasteiger partial charge in [-0.3, -0.25) is 0 Å². The van der Waals surface area contributed by atoms with Crippen LogP contribution in [0.4, 0.5) is 5.82 Å². The highest BCUT2D eigenvalue weighted by atomic mass is 15.3. The molecule has 0 amide bonds. The second-order valence-electron chi connectivity index (χ2n) is 6.68. The molecule has 1 atom stereocenters. The molecular weight excluding hydrogens is 338 g/mol. The van der Waals surface area contributed by atoms with E-state index in [4.69, 9.17) is 5.10 Å². The normalized spacial score (nSPS) is 16.3. The van der Waals surface area contributed by atoms with Gasteiger partial charge >= 0.3 is 0 Å². The van der Waals surface area contributed by atoms with Crippen molar-refractivity contribution < 1.29 is 0 Å². The third kappa shape index (κ3) is 2.46. The summed E-state index contributed by atoms with van der Waals surface area (Å²) < 4.78 is 1.95. The Hall–Kier alpha value is -3.66. The maximum absolute atomic E-state index is 9.23. The van der Waals surface area contributed by atoms with Crippen LogP contribution in [-0.4, -0.2) is 31.1 Å². The molecule has 1 aliphatic rings. The van der Waals surface area contributed by atoms with E-state index in [-0.39, 0.29) is 6.04 Å². The fraction of sp³-hybridized carbons (Fsp3) is 0.200. The van der Waals surface area contributed by atoms with Gasteiger partial charge in [-0.15, -0.1) is 0 Å². The first kappa shape index (κ1) is 15.6. The Balaban J connectivity index is 1.69. The molecule has 4 aromatic rings. The molecule has 27 heavy (non-hydrogen) atoms. The standard InChI is InChI=1S/C20H17N7/c1-13-4-2-6-15-10-17(25-27(13)15)20-19-16(22-12-23-19)8-9-26(20)18-7-3-5-14(11-21)24-18/h2-7,10,12,20H,8-9H2,1H3,(H,22,23)/t20-/m0/s1. The zero-order valence-electron chi connectivity index (χ0n) is 14.8. The average molecular weight is 355 g/mol. The van der Waals surface area contributed by atoms with E-state index in [0.29, 0.717) is 5.69 Å². The van der Waals surface area contributed by atoms with Crippen molar-refractivity contribution in [2.24, 2.45) is 0 Å². The summed E-state index contributed by atoms with van der Waals surface area (Å²) in [5.74, 6) is 0.765. The van der Waals surface area contributed by atoms with Gasteiger partial charge < -0.3 is 9.88 Å². The number of imidazole rings is 1. The number of pyridine rings is 2. The number of hydrogen-bond acceptors (Lipinski definition) is 5. The molecular formula is C20H17N7. The van der Waals surface area contributed by atoms with Crippen LogP contribution < -0.4 is 4.90 Å². The lowest BCUT2D eigenvalue weighted by Gasteiger charge is -2.34. The largest absolute Gasteiger partial charge is 0.348 e. The van der Waals surface area contributed by atoms with Crippen molar-refractivity contribution in [1.82, 2.24) is 24.6 Å². The summed E-state index contributed by atoms with van der Waals surface area (Å²) in [4.78, 5) is 14.5. The maximum atomic E-state index is 9.23. The van der Waals surface area contributed by atoms with Crippen LogP contribution in [0.15, 0.2) is 48.8 Å². The van der Waals surface area contributed by atoms with Gasteiger partial charge in [-0.1, -0.05) is 12.1 Å². The van der Waals surface area contributed by atoms with Gasteiger partial charge in [-0.25, -0.2) is 14.5 Å². The van der Waals surface area contributed by atoms with E-state index in [1.54, 1.807) is 12.4 Å². The minimum absolute atomic E-state index is 0.152. The highest BCUT2D eigenvalue weighted by Gasteiger charge is 2.34. The van der Waals surface area contributed by atoms with Gasteiger partial charge in [0.15, 0.2) is 0 Å². The second-order valence-corrected chi connectivity index (χ2v) is 6.68. The quantitative estimate of drug-likeness (QED) is 0.597. The Morgan fingerprint density at radius 2 is 2.11 bits per heavy atom. The van der Waals surface area contributed by atoms with Crippen LogP contribution in [0.3, 0.4) is 0 Å². The monoisotopic (exact) mass is 355 g/mol. The minimum atomic E-state index is -0.152. The molecule has 0 saturated heterocycles. The number of anilines is 1. The molecule has 0 aliphatic carbocycles. The van der Waals surface area contributed by atoms with Crippen LogP contribution in [0.2, 0.25) is 0 Å². The molecule has 1 N–H and O–H groups in total. The van der Waals surface area contributed by atoms with E-state index in [1.807, 2.05) is 35.7 Å². The highest BCUT2D eigenvalue weighted by molar-refractivity contribution is 5.54. The minimum Gasteiger partial charge on any atom is -0.348 e. The SMILES string of the molecule is Cc1cccc2cc([C@H]3c4nc[nH]c4CCN3c3cccc(C#N)n3)nn12. The molecule has 0 fully saturated rings. The zero-order valence-corrected chi connectivity index (χ0v) is 14.8. The van der Waals surface area contributed by atoms with Crippen LogP contribution in [0.5, 0.6) is 0 Å². The second kappa shape index (κ2) is 5.95. The van der Waals surface area contributed by atoms with Crippen molar-refractivity contribution in [1.29, 1.82) is 5.26 Å². The Kier molecular flexibility index (Phi) is 3.44. The summed E-state index contributed by atoms with van der Waals surface area (Å²) in [6, 6.07) is 15.7. The van der Waals surface area contributed by atoms with Crippen molar-refractivity contribution in [2.75, 3.05) is 11.4 Å². The summed E-state index contributed by atoms with van der Waals surface area (Å²) >= 11 is 0. The van der Waals surface area contributed by atoms with E-state index in [0.717, 1.165) is 47.1 Å². The van der Waals surface area contributed by atoms with Gasteiger partial charge in [0, 0.05) is 24.4 Å². The van der Waals surface area contributed by atoms with Gasteiger partial charge in [0.1, 0.15) is 23.6 Å². The summed E-state index contributed by atoms with van der Waals surface area (Å²) in [6.07, 6.45) is 2.58. The number of H-pyrrole nitrogens is 1. The van der Waals surface area contributed by atoms with Crippen molar-refractivity contribution in [3.8, 4) is 6.07 Å². The smallest absolute Gasteiger partial charge is 0.142 e. The van der Waals surface area contributed by atoms with E-state index < -0.39 is 0 Å². The molecule has 0 unspecified atom stereocenters. The van der Waals surface area contributed by atoms with Gasteiger partial charge in [0.05, 0.1) is 23.2 Å². The number of aromatic nitrogens is 5. The Bertz CT molecular complexity index is 1180. The first-order valence-electron chi connectivity index (χ1n) is 8.86. The topological polar surface area (TPSA) is 85.9 Å². The fourth-order valence-electron chi connectivity index (χ4n) is 3.77. The van der Waals surface area contributed by atoms with Gasteiger partial charge in [0.2, 0.25) is 0 Å². The molecule has 0 radical (unpaired) electrons. The number of nitriles is 1. The lowest BCUT2D eigenvalue weighted by molar-refractivity contribution is 0.609. The third-order valence-corrected chi connectivity index (χ3v) is 5.04.